The predicted molar refractivity (Wildman–Crippen MR) is 85.7 cm³/mol. The minimum Gasteiger partial charge on any atom is -0.480 e. The molecule has 0 fully saturated rings. The Balaban J connectivity index is 2.25. The molecule has 2 rings (SSSR count). The zero-order chi connectivity index (χ0) is 15.9. The minimum absolute atomic E-state index is 0.107. The number of carboxylic acid groups (broad SMARTS) is 1. The molecule has 0 bridgehead atoms. The smallest absolute Gasteiger partial charge is 0.323 e. The number of nitrogens with zero attached hydrogens (tertiary/aromatic N) is 2. The summed E-state index contributed by atoms with van der Waals surface area (Å²) in [4.78, 5) is 12.9. The first kappa shape index (κ1) is 15.6. The normalized spacial score (nSPS) is 10.0. The number of aliphatic carboxylic acids is 1. The maximum atomic E-state index is 11.1. The molecule has 0 saturated carbocycles. The second kappa shape index (κ2) is 7.28. The van der Waals surface area contributed by atoms with Crippen LogP contribution in [0.25, 0.3) is 0 Å². The fourth-order valence-corrected chi connectivity index (χ4v) is 2.27. The molecule has 112 valence electrons. The van der Waals surface area contributed by atoms with Crippen molar-refractivity contribution in [1.29, 1.82) is 5.26 Å². The summed E-state index contributed by atoms with van der Waals surface area (Å²) < 4.78 is 0. The second-order valence-corrected chi connectivity index (χ2v) is 5.08. The van der Waals surface area contributed by atoms with Gasteiger partial charge >= 0.3 is 5.97 Å². The Morgan fingerprint density at radius 3 is 2.45 bits per heavy atom. The molecule has 0 aliphatic carbocycles. The lowest BCUT2D eigenvalue weighted by Crippen LogP contribution is -2.29. The van der Waals surface area contributed by atoms with E-state index in [0.29, 0.717) is 12.1 Å². The minimum atomic E-state index is -0.896. The molecule has 0 heterocycles. The molecule has 0 aliphatic heterocycles. The van der Waals surface area contributed by atoms with Crippen LogP contribution in [0.3, 0.4) is 0 Å². The van der Waals surface area contributed by atoms with E-state index in [2.05, 4.69) is 25.1 Å². The molecule has 2 aromatic rings. The molecule has 2 aromatic carbocycles. The van der Waals surface area contributed by atoms with Crippen molar-refractivity contribution in [3.63, 3.8) is 0 Å². The van der Waals surface area contributed by atoms with Gasteiger partial charge in [0.05, 0.1) is 11.6 Å². The van der Waals surface area contributed by atoms with E-state index in [1.807, 2.05) is 18.2 Å². The first-order valence-corrected chi connectivity index (χ1v) is 7.17. The first-order valence-electron chi connectivity index (χ1n) is 7.17. The SMILES string of the molecule is CCc1ccc(CN(CC(=O)O)c2cccc(C#N)c2)cc1. The van der Waals surface area contributed by atoms with Crippen LogP contribution in [-0.2, 0) is 17.8 Å². The molecule has 0 unspecified atom stereocenters. The van der Waals surface area contributed by atoms with Crippen molar-refractivity contribution < 1.29 is 9.90 Å². The van der Waals surface area contributed by atoms with Gasteiger partial charge in [0.25, 0.3) is 0 Å². The van der Waals surface area contributed by atoms with Gasteiger partial charge in [0, 0.05) is 12.2 Å². The van der Waals surface area contributed by atoms with Crippen molar-refractivity contribution in [3.8, 4) is 6.07 Å². The van der Waals surface area contributed by atoms with Gasteiger partial charge in [0.1, 0.15) is 6.54 Å². The maximum absolute atomic E-state index is 11.1. The molecule has 0 radical (unpaired) electrons. The number of rotatable bonds is 6. The van der Waals surface area contributed by atoms with Gasteiger partial charge in [-0.15, -0.1) is 0 Å². The fraction of sp³-hybridized carbons (Fsp3) is 0.222. The van der Waals surface area contributed by atoms with Crippen molar-refractivity contribution in [2.24, 2.45) is 0 Å². The third-order valence-corrected chi connectivity index (χ3v) is 3.47. The summed E-state index contributed by atoms with van der Waals surface area (Å²) in [6.45, 7) is 2.48. The number of aryl methyl sites for hydroxylation is 1. The average molecular weight is 294 g/mol. The Morgan fingerprint density at radius 2 is 1.86 bits per heavy atom. The quantitative estimate of drug-likeness (QED) is 0.888. The Labute approximate surface area is 130 Å². The first-order chi connectivity index (χ1) is 10.6. The van der Waals surface area contributed by atoms with Crippen LogP contribution in [-0.4, -0.2) is 17.6 Å². The summed E-state index contributed by atoms with van der Waals surface area (Å²) in [6, 6.07) is 17.2. The number of carboxylic acids is 1. The van der Waals surface area contributed by atoms with Crippen LogP contribution in [0.2, 0.25) is 0 Å². The van der Waals surface area contributed by atoms with Crippen LogP contribution in [0.4, 0.5) is 5.69 Å². The van der Waals surface area contributed by atoms with Gasteiger partial charge in [-0.25, -0.2) is 0 Å². The number of anilines is 1. The highest BCUT2D eigenvalue weighted by atomic mass is 16.4. The molecule has 0 aliphatic rings. The monoisotopic (exact) mass is 294 g/mol. The number of carbonyl (C=O) groups is 1. The number of hydrogen-bond donors (Lipinski definition) is 1. The van der Waals surface area contributed by atoms with Crippen LogP contribution in [0, 0.1) is 11.3 Å². The van der Waals surface area contributed by atoms with Gasteiger partial charge in [-0.3, -0.25) is 4.79 Å². The Hall–Kier alpha value is -2.80. The van der Waals surface area contributed by atoms with Crippen LogP contribution in [0.15, 0.2) is 48.5 Å². The van der Waals surface area contributed by atoms with Crippen molar-refractivity contribution >= 4 is 11.7 Å². The molecule has 1 N–H and O–H groups in total. The van der Waals surface area contributed by atoms with E-state index in [-0.39, 0.29) is 6.54 Å². The summed E-state index contributed by atoms with van der Waals surface area (Å²) in [7, 11) is 0. The third-order valence-electron chi connectivity index (χ3n) is 3.47. The summed E-state index contributed by atoms with van der Waals surface area (Å²) in [5.41, 5.74) is 3.55. The van der Waals surface area contributed by atoms with Gasteiger partial charge in [0.2, 0.25) is 0 Å². The van der Waals surface area contributed by atoms with Crippen molar-refractivity contribution in [1.82, 2.24) is 0 Å². The molecule has 0 atom stereocenters. The highest BCUT2D eigenvalue weighted by molar-refractivity contribution is 5.74. The Bertz CT molecular complexity index is 687. The van der Waals surface area contributed by atoms with E-state index in [9.17, 15) is 4.79 Å². The van der Waals surface area contributed by atoms with E-state index < -0.39 is 5.97 Å². The van der Waals surface area contributed by atoms with Gasteiger partial charge in [-0.1, -0.05) is 37.3 Å². The van der Waals surface area contributed by atoms with E-state index >= 15 is 0 Å². The standard InChI is InChI=1S/C18H18N2O2/c1-2-14-6-8-15(9-7-14)12-20(13-18(21)22)17-5-3-4-16(10-17)11-19/h3-10H,2,12-13H2,1H3,(H,21,22). The topological polar surface area (TPSA) is 64.3 Å². The molecule has 0 spiro atoms. The van der Waals surface area contributed by atoms with Crippen molar-refractivity contribution in [3.05, 3.63) is 65.2 Å². The number of hydrogen-bond acceptors (Lipinski definition) is 3. The largest absolute Gasteiger partial charge is 0.480 e. The van der Waals surface area contributed by atoms with E-state index in [1.165, 1.54) is 5.56 Å². The van der Waals surface area contributed by atoms with Crippen LogP contribution in [0.5, 0.6) is 0 Å². The molecule has 0 aromatic heterocycles. The van der Waals surface area contributed by atoms with Crippen LogP contribution < -0.4 is 4.90 Å². The third kappa shape index (κ3) is 4.10. The molecule has 4 heteroatoms. The van der Waals surface area contributed by atoms with Crippen molar-refractivity contribution in [2.45, 2.75) is 19.9 Å². The highest BCUT2D eigenvalue weighted by Crippen LogP contribution is 2.19. The highest BCUT2D eigenvalue weighted by Gasteiger charge is 2.12. The van der Waals surface area contributed by atoms with Gasteiger partial charge in [-0.05, 0) is 35.7 Å². The summed E-state index contributed by atoms with van der Waals surface area (Å²) >= 11 is 0. The maximum Gasteiger partial charge on any atom is 0.323 e. The molecule has 22 heavy (non-hydrogen) atoms. The molecule has 4 nitrogen and oxygen atoms in total. The molecular weight excluding hydrogens is 276 g/mol. The zero-order valence-electron chi connectivity index (χ0n) is 12.5. The molecule has 0 amide bonds. The lowest BCUT2D eigenvalue weighted by Gasteiger charge is -2.23. The van der Waals surface area contributed by atoms with E-state index in [1.54, 1.807) is 23.1 Å². The lowest BCUT2D eigenvalue weighted by molar-refractivity contribution is -0.135. The number of benzene rings is 2. The fourth-order valence-electron chi connectivity index (χ4n) is 2.27. The summed E-state index contributed by atoms with van der Waals surface area (Å²) in [5.74, 6) is -0.896. The van der Waals surface area contributed by atoms with Gasteiger partial charge in [-0.2, -0.15) is 5.26 Å². The Kier molecular flexibility index (Phi) is 5.16. The zero-order valence-corrected chi connectivity index (χ0v) is 12.5. The summed E-state index contributed by atoms with van der Waals surface area (Å²) in [6.07, 6.45) is 0.976. The lowest BCUT2D eigenvalue weighted by atomic mass is 10.1. The molecule has 0 saturated heterocycles. The predicted octanol–water partition coefficient (Wildman–Crippen LogP) is 3.21. The van der Waals surface area contributed by atoms with Crippen LogP contribution >= 0.6 is 0 Å². The summed E-state index contributed by atoms with van der Waals surface area (Å²) in [5, 5.41) is 18.1. The van der Waals surface area contributed by atoms with E-state index in [0.717, 1.165) is 17.7 Å². The second-order valence-electron chi connectivity index (χ2n) is 5.08. The van der Waals surface area contributed by atoms with Gasteiger partial charge in [0.15, 0.2) is 0 Å². The van der Waals surface area contributed by atoms with E-state index in [4.69, 9.17) is 10.4 Å². The van der Waals surface area contributed by atoms with Crippen molar-refractivity contribution in [2.75, 3.05) is 11.4 Å². The van der Waals surface area contributed by atoms with Gasteiger partial charge < -0.3 is 10.0 Å². The Morgan fingerprint density at radius 1 is 1.18 bits per heavy atom. The number of nitriles is 1. The average Bonchev–Trinajstić information content (AvgIpc) is 2.54. The molecular formula is C18H18N2O2. The van der Waals surface area contributed by atoms with Crippen LogP contribution in [0.1, 0.15) is 23.6 Å².